The zero-order valence-corrected chi connectivity index (χ0v) is 11.4. The van der Waals surface area contributed by atoms with E-state index in [1.54, 1.807) is 0 Å². The van der Waals surface area contributed by atoms with Gasteiger partial charge in [-0.1, -0.05) is 20.8 Å². The molecular formula is C14H27N. The topological polar surface area (TPSA) is 3.24 Å². The van der Waals surface area contributed by atoms with Gasteiger partial charge in [-0.15, -0.1) is 0 Å². The van der Waals surface area contributed by atoms with E-state index in [-0.39, 0.29) is 0 Å². The van der Waals surface area contributed by atoms with Gasteiger partial charge >= 0.3 is 0 Å². The Labute approximate surface area is 95.2 Å². The summed E-state index contributed by atoms with van der Waals surface area (Å²) in [5.74, 6) is 0. The summed E-state index contributed by atoms with van der Waals surface area (Å²) in [7, 11) is 0. The van der Waals surface area contributed by atoms with Crippen molar-refractivity contribution in [2.24, 2.45) is 10.8 Å². The summed E-state index contributed by atoms with van der Waals surface area (Å²) in [6.07, 6.45) is 4.38. The first-order valence-electron chi connectivity index (χ1n) is 6.44. The number of likely N-dealkylation sites (tertiary alicyclic amines) is 1. The van der Waals surface area contributed by atoms with Gasteiger partial charge in [-0.05, 0) is 57.4 Å². The maximum atomic E-state index is 2.76. The van der Waals surface area contributed by atoms with Crippen LogP contribution in [0, 0.1) is 10.8 Å². The molecule has 1 heteroatoms. The molecule has 0 unspecified atom stereocenters. The van der Waals surface area contributed by atoms with E-state index in [1.807, 2.05) is 0 Å². The smallest absolute Gasteiger partial charge is 0.0206 e. The molecule has 1 spiro atoms. The fraction of sp³-hybridized carbons (Fsp3) is 1.00. The zero-order chi connectivity index (χ0) is 11.5. The average molecular weight is 209 g/mol. The summed E-state index contributed by atoms with van der Waals surface area (Å²) in [4.78, 5) is 2.76. The normalized spacial score (nSPS) is 31.2. The van der Waals surface area contributed by atoms with Gasteiger partial charge < -0.3 is 0 Å². The molecule has 2 aliphatic rings. The summed E-state index contributed by atoms with van der Waals surface area (Å²) in [6.45, 7) is 15.7. The Balaban J connectivity index is 2.27. The minimum Gasteiger partial charge on any atom is -0.294 e. The SMILES string of the molecule is CC(C)(C)[C@H]1N(C(C)(C)C)CCC12CC2. The van der Waals surface area contributed by atoms with Gasteiger partial charge in [-0.2, -0.15) is 0 Å². The Morgan fingerprint density at radius 1 is 0.933 bits per heavy atom. The summed E-state index contributed by atoms with van der Waals surface area (Å²) in [6, 6.07) is 0.796. The molecule has 0 aromatic carbocycles. The van der Waals surface area contributed by atoms with Crippen molar-refractivity contribution >= 4 is 0 Å². The van der Waals surface area contributed by atoms with E-state index in [9.17, 15) is 0 Å². The summed E-state index contributed by atoms with van der Waals surface area (Å²) < 4.78 is 0. The Morgan fingerprint density at radius 3 is 1.80 bits per heavy atom. The second kappa shape index (κ2) is 3.00. The molecule has 1 atom stereocenters. The van der Waals surface area contributed by atoms with E-state index in [1.165, 1.54) is 25.8 Å². The van der Waals surface area contributed by atoms with Gasteiger partial charge in [0.15, 0.2) is 0 Å². The van der Waals surface area contributed by atoms with E-state index in [0.29, 0.717) is 16.4 Å². The Morgan fingerprint density at radius 2 is 1.47 bits per heavy atom. The molecule has 0 aromatic rings. The third-order valence-corrected chi connectivity index (χ3v) is 4.32. The average Bonchev–Trinajstić information content (AvgIpc) is 2.56. The Kier molecular flexibility index (Phi) is 2.29. The molecule has 0 radical (unpaired) electrons. The molecule has 1 saturated carbocycles. The highest BCUT2D eigenvalue weighted by atomic mass is 15.3. The molecule has 1 nitrogen and oxygen atoms in total. The third kappa shape index (κ3) is 1.84. The van der Waals surface area contributed by atoms with Gasteiger partial charge in [0.25, 0.3) is 0 Å². The van der Waals surface area contributed by atoms with Crippen molar-refractivity contribution in [1.29, 1.82) is 0 Å². The van der Waals surface area contributed by atoms with Crippen LogP contribution in [0.25, 0.3) is 0 Å². The van der Waals surface area contributed by atoms with Crippen molar-refractivity contribution in [2.45, 2.75) is 72.4 Å². The summed E-state index contributed by atoms with van der Waals surface area (Å²) in [5.41, 5.74) is 1.47. The van der Waals surface area contributed by atoms with Crippen LogP contribution in [0.1, 0.15) is 60.8 Å². The van der Waals surface area contributed by atoms with Crippen molar-refractivity contribution in [3.63, 3.8) is 0 Å². The maximum absolute atomic E-state index is 2.76. The first kappa shape index (κ1) is 11.4. The van der Waals surface area contributed by atoms with Gasteiger partial charge in [0, 0.05) is 11.6 Å². The van der Waals surface area contributed by atoms with Crippen LogP contribution in [0.5, 0.6) is 0 Å². The highest BCUT2D eigenvalue weighted by Crippen LogP contribution is 2.62. The lowest BCUT2D eigenvalue weighted by molar-refractivity contribution is 0.0333. The number of rotatable bonds is 0. The molecule has 1 aliphatic heterocycles. The maximum Gasteiger partial charge on any atom is 0.0206 e. The molecule has 0 aromatic heterocycles. The first-order valence-corrected chi connectivity index (χ1v) is 6.44. The monoisotopic (exact) mass is 209 g/mol. The molecule has 1 saturated heterocycles. The summed E-state index contributed by atoms with van der Waals surface area (Å²) in [5, 5.41) is 0. The Hall–Kier alpha value is -0.0400. The van der Waals surface area contributed by atoms with Crippen molar-refractivity contribution in [3.8, 4) is 0 Å². The minimum absolute atomic E-state index is 0.337. The van der Waals surface area contributed by atoms with Gasteiger partial charge in [0.2, 0.25) is 0 Å². The third-order valence-electron chi connectivity index (χ3n) is 4.32. The molecule has 2 fully saturated rings. The predicted molar refractivity (Wildman–Crippen MR) is 66.0 cm³/mol. The lowest BCUT2D eigenvalue weighted by atomic mass is 9.76. The van der Waals surface area contributed by atoms with Crippen LogP contribution in [0.15, 0.2) is 0 Å². The molecule has 0 N–H and O–H groups in total. The van der Waals surface area contributed by atoms with Crippen LogP contribution in [-0.2, 0) is 0 Å². The van der Waals surface area contributed by atoms with Gasteiger partial charge in [-0.3, -0.25) is 4.90 Å². The van der Waals surface area contributed by atoms with E-state index in [2.05, 4.69) is 46.4 Å². The predicted octanol–water partition coefficient (Wildman–Crippen LogP) is 3.69. The molecule has 1 aliphatic carbocycles. The first-order chi connectivity index (χ1) is 6.67. The highest BCUT2D eigenvalue weighted by molar-refractivity contribution is 5.13. The molecule has 2 rings (SSSR count). The van der Waals surface area contributed by atoms with Gasteiger partial charge in [-0.25, -0.2) is 0 Å². The van der Waals surface area contributed by atoms with E-state index in [0.717, 1.165) is 6.04 Å². The second-order valence-electron chi connectivity index (χ2n) is 7.75. The van der Waals surface area contributed by atoms with Crippen LogP contribution in [0.2, 0.25) is 0 Å². The molecule has 15 heavy (non-hydrogen) atoms. The van der Waals surface area contributed by atoms with Gasteiger partial charge in [0.1, 0.15) is 0 Å². The van der Waals surface area contributed by atoms with Crippen molar-refractivity contribution in [3.05, 3.63) is 0 Å². The molecule has 0 bridgehead atoms. The second-order valence-corrected chi connectivity index (χ2v) is 7.75. The largest absolute Gasteiger partial charge is 0.294 e. The minimum atomic E-state index is 0.337. The number of hydrogen-bond donors (Lipinski definition) is 0. The molecule has 88 valence electrons. The number of nitrogens with zero attached hydrogens (tertiary/aromatic N) is 1. The van der Waals surface area contributed by atoms with Crippen LogP contribution < -0.4 is 0 Å². The fourth-order valence-corrected chi connectivity index (χ4v) is 3.73. The highest BCUT2D eigenvalue weighted by Gasteiger charge is 2.60. The fourth-order valence-electron chi connectivity index (χ4n) is 3.73. The van der Waals surface area contributed by atoms with E-state index >= 15 is 0 Å². The Bertz CT molecular complexity index is 249. The van der Waals surface area contributed by atoms with Crippen LogP contribution in [0.4, 0.5) is 0 Å². The lowest BCUT2D eigenvalue weighted by Crippen LogP contribution is -2.52. The number of hydrogen-bond acceptors (Lipinski definition) is 1. The van der Waals surface area contributed by atoms with Crippen molar-refractivity contribution in [2.75, 3.05) is 6.54 Å². The molecular weight excluding hydrogens is 182 g/mol. The van der Waals surface area contributed by atoms with E-state index < -0.39 is 0 Å². The van der Waals surface area contributed by atoms with Crippen LogP contribution in [0.3, 0.4) is 0 Å². The molecule has 0 amide bonds. The summed E-state index contributed by atoms with van der Waals surface area (Å²) >= 11 is 0. The van der Waals surface area contributed by atoms with Crippen molar-refractivity contribution < 1.29 is 0 Å². The molecule has 1 heterocycles. The zero-order valence-electron chi connectivity index (χ0n) is 11.4. The van der Waals surface area contributed by atoms with Crippen molar-refractivity contribution in [1.82, 2.24) is 4.90 Å². The van der Waals surface area contributed by atoms with Crippen LogP contribution >= 0.6 is 0 Å². The standard InChI is InChI=1S/C14H27N/c1-12(2,3)11-14(7-8-14)9-10-15(11)13(4,5)6/h11H,7-10H2,1-6H3/t11-/m1/s1. The van der Waals surface area contributed by atoms with Gasteiger partial charge in [0.05, 0.1) is 0 Å². The van der Waals surface area contributed by atoms with E-state index in [4.69, 9.17) is 0 Å². The quantitative estimate of drug-likeness (QED) is 0.588. The lowest BCUT2D eigenvalue weighted by Gasteiger charge is -2.45. The van der Waals surface area contributed by atoms with Crippen LogP contribution in [-0.4, -0.2) is 23.0 Å².